The van der Waals surface area contributed by atoms with E-state index in [1.165, 1.54) is 18.2 Å². The lowest BCUT2D eigenvalue weighted by Gasteiger charge is -2.20. The molecule has 28 heavy (non-hydrogen) atoms. The lowest BCUT2D eigenvalue weighted by atomic mass is 9.89. The number of carbonyl (C=O) groups is 2. The number of likely N-dealkylation sites (tertiary alicyclic amines) is 1. The Balaban J connectivity index is 1.59. The van der Waals surface area contributed by atoms with Crippen LogP contribution in [0.3, 0.4) is 0 Å². The molecule has 0 aliphatic carbocycles. The van der Waals surface area contributed by atoms with E-state index in [0.29, 0.717) is 30.6 Å². The first-order valence-electron chi connectivity index (χ1n) is 9.07. The summed E-state index contributed by atoms with van der Waals surface area (Å²) in [6, 6.07) is 8.50. The predicted octanol–water partition coefficient (Wildman–Crippen LogP) is 3.80. The number of hydrogen-bond acceptors (Lipinski definition) is 2. The summed E-state index contributed by atoms with van der Waals surface area (Å²) in [4.78, 5) is 30.3. The molecule has 1 atom stereocenters. The van der Waals surface area contributed by atoms with Crippen LogP contribution in [-0.2, 0) is 11.2 Å². The highest BCUT2D eigenvalue weighted by Gasteiger charge is 2.31. The van der Waals surface area contributed by atoms with Crippen LogP contribution in [0.15, 0.2) is 54.0 Å². The lowest BCUT2D eigenvalue weighted by molar-refractivity contribution is -0.125. The molecule has 0 spiro atoms. The van der Waals surface area contributed by atoms with Crippen molar-refractivity contribution >= 4 is 17.5 Å². The normalized spacial score (nSPS) is 18.6. The zero-order chi connectivity index (χ0) is 19.8. The molecule has 0 aromatic heterocycles. The summed E-state index contributed by atoms with van der Waals surface area (Å²) in [5.74, 6) is -1.75. The summed E-state index contributed by atoms with van der Waals surface area (Å²) in [6.07, 6.45) is 2.58. The first kappa shape index (κ1) is 18.2. The summed E-state index contributed by atoms with van der Waals surface area (Å²) in [5, 5.41) is 0. The van der Waals surface area contributed by atoms with Crippen molar-refractivity contribution in [2.24, 2.45) is 10.9 Å². The first-order valence-corrected chi connectivity index (χ1v) is 9.07. The number of nitrogens with zero attached hydrogens (tertiary/aromatic N) is 2. The van der Waals surface area contributed by atoms with Crippen molar-refractivity contribution in [3.63, 3.8) is 0 Å². The number of benzene rings is 2. The van der Waals surface area contributed by atoms with E-state index in [9.17, 15) is 18.4 Å². The van der Waals surface area contributed by atoms with Gasteiger partial charge in [0.25, 0.3) is 5.91 Å². The third-order valence-electron chi connectivity index (χ3n) is 5.34. The van der Waals surface area contributed by atoms with Gasteiger partial charge in [0.2, 0.25) is 5.91 Å². The van der Waals surface area contributed by atoms with Crippen LogP contribution in [0.1, 0.15) is 22.3 Å². The van der Waals surface area contributed by atoms with E-state index in [4.69, 9.17) is 0 Å². The highest BCUT2D eigenvalue weighted by Crippen LogP contribution is 2.30. The molecule has 2 amide bonds. The Hall–Kier alpha value is -3.15. The summed E-state index contributed by atoms with van der Waals surface area (Å²) in [7, 11) is 0. The van der Waals surface area contributed by atoms with Crippen molar-refractivity contribution in [3.05, 3.63) is 71.8 Å². The van der Waals surface area contributed by atoms with E-state index in [1.54, 1.807) is 23.1 Å². The molecule has 0 bridgehead atoms. The first-order chi connectivity index (χ1) is 13.5. The minimum absolute atomic E-state index is 0.0511. The van der Waals surface area contributed by atoms with Crippen LogP contribution in [0.4, 0.5) is 8.78 Å². The SMILES string of the molecule is C=CC(=O)N1CCC(C2=NC(=O)c3cc(-c4ccc(F)cc4F)ccc3C2)C1. The average Bonchev–Trinajstić information content (AvgIpc) is 3.17. The van der Waals surface area contributed by atoms with Crippen molar-refractivity contribution in [2.45, 2.75) is 12.8 Å². The number of fused-ring (bicyclic) bond motifs is 1. The molecule has 0 N–H and O–H groups in total. The Kier molecular flexibility index (Phi) is 4.63. The molecule has 142 valence electrons. The van der Waals surface area contributed by atoms with Gasteiger partial charge in [-0.3, -0.25) is 9.59 Å². The van der Waals surface area contributed by atoms with E-state index in [0.717, 1.165) is 23.8 Å². The molecular weight excluding hydrogens is 362 g/mol. The van der Waals surface area contributed by atoms with Crippen molar-refractivity contribution in [2.75, 3.05) is 13.1 Å². The van der Waals surface area contributed by atoms with E-state index >= 15 is 0 Å². The van der Waals surface area contributed by atoms with Crippen LogP contribution < -0.4 is 0 Å². The zero-order valence-electron chi connectivity index (χ0n) is 15.1. The topological polar surface area (TPSA) is 49.7 Å². The predicted molar refractivity (Wildman–Crippen MR) is 102 cm³/mol. The summed E-state index contributed by atoms with van der Waals surface area (Å²) >= 11 is 0. The van der Waals surface area contributed by atoms with Gasteiger partial charge in [-0.2, -0.15) is 0 Å². The smallest absolute Gasteiger partial charge is 0.277 e. The summed E-state index contributed by atoms with van der Waals surface area (Å²) in [6.45, 7) is 4.66. The minimum Gasteiger partial charge on any atom is -0.338 e. The number of amides is 2. The molecule has 1 fully saturated rings. The second-order valence-corrected chi connectivity index (χ2v) is 7.06. The van der Waals surface area contributed by atoms with Crippen molar-refractivity contribution < 1.29 is 18.4 Å². The third-order valence-corrected chi connectivity index (χ3v) is 5.34. The van der Waals surface area contributed by atoms with Gasteiger partial charge in [-0.15, -0.1) is 0 Å². The second kappa shape index (κ2) is 7.11. The van der Waals surface area contributed by atoms with E-state index in [2.05, 4.69) is 11.6 Å². The number of aliphatic imine (C=N–C) groups is 1. The highest BCUT2D eigenvalue weighted by atomic mass is 19.1. The highest BCUT2D eigenvalue weighted by molar-refractivity contribution is 6.10. The molecule has 4 nitrogen and oxygen atoms in total. The van der Waals surface area contributed by atoms with Gasteiger partial charge in [0.15, 0.2) is 0 Å². The number of rotatable bonds is 3. The van der Waals surface area contributed by atoms with Gasteiger partial charge in [-0.25, -0.2) is 13.8 Å². The molecule has 0 saturated carbocycles. The molecular formula is C22H18F2N2O2. The van der Waals surface area contributed by atoms with Crippen LogP contribution in [-0.4, -0.2) is 35.5 Å². The van der Waals surface area contributed by atoms with Crippen LogP contribution in [0.5, 0.6) is 0 Å². The van der Waals surface area contributed by atoms with Crippen LogP contribution in [0.2, 0.25) is 0 Å². The van der Waals surface area contributed by atoms with Gasteiger partial charge < -0.3 is 4.90 Å². The van der Waals surface area contributed by atoms with Crippen molar-refractivity contribution in [3.8, 4) is 11.1 Å². The molecule has 2 aliphatic heterocycles. The lowest BCUT2D eigenvalue weighted by Crippen LogP contribution is -2.30. The van der Waals surface area contributed by atoms with E-state index in [-0.39, 0.29) is 23.3 Å². The van der Waals surface area contributed by atoms with Gasteiger partial charge in [0, 0.05) is 48.3 Å². The fraction of sp³-hybridized carbons (Fsp3) is 0.227. The van der Waals surface area contributed by atoms with Gasteiger partial charge in [0.05, 0.1) is 0 Å². The number of carbonyl (C=O) groups excluding carboxylic acids is 2. The molecule has 1 saturated heterocycles. The molecule has 2 aliphatic rings. The standard InChI is InChI=1S/C22H18F2N2O2/c1-2-21(27)26-8-7-15(12-26)20-10-14-4-3-13(9-18(14)22(28)25-20)17-6-5-16(23)11-19(17)24/h2-6,9,11,15H,1,7-8,10,12H2. The molecule has 2 aromatic rings. The Morgan fingerprint density at radius 3 is 2.75 bits per heavy atom. The van der Waals surface area contributed by atoms with Gasteiger partial charge >= 0.3 is 0 Å². The second-order valence-electron chi connectivity index (χ2n) is 7.06. The Morgan fingerprint density at radius 2 is 2.00 bits per heavy atom. The largest absolute Gasteiger partial charge is 0.338 e. The van der Waals surface area contributed by atoms with Crippen molar-refractivity contribution in [1.29, 1.82) is 0 Å². The monoisotopic (exact) mass is 380 g/mol. The molecule has 1 unspecified atom stereocenters. The fourth-order valence-corrected chi connectivity index (χ4v) is 3.84. The third kappa shape index (κ3) is 3.26. The zero-order valence-corrected chi connectivity index (χ0v) is 15.1. The maximum Gasteiger partial charge on any atom is 0.277 e. The Labute approximate surface area is 161 Å². The van der Waals surface area contributed by atoms with Gasteiger partial charge in [0.1, 0.15) is 11.6 Å². The average molecular weight is 380 g/mol. The van der Waals surface area contributed by atoms with Crippen LogP contribution >= 0.6 is 0 Å². The minimum atomic E-state index is -0.676. The fourth-order valence-electron chi connectivity index (χ4n) is 3.84. The molecule has 6 heteroatoms. The quantitative estimate of drug-likeness (QED) is 0.761. The van der Waals surface area contributed by atoms with Gasteiger partial charge in [-0.1, -0.05) is 18.7 Å². The molecule has 2 aromatic carbocycles. The Bertz CT molecular complexity index is 1030. The molecule has 0 radical (unpaired) electrons. The summed E-state index contributed by atoms with van der Waals surface area (Å²) in [5.41, 5.74) is 2.78. The van der Waals surface area contributed by atoms with E-state index in [1.807, 2.05) is 0 Å². The van der Waals surface area contributed by atoms with Gasteiger partial charge in [-0.05, 0) is 41.8 Å². The maximum absolute atomic E-state index is 14.1. The van der Waals surface area contributed by atoms with E-state index < -0.39 is 11.6 Å². The van der Waals surface area contributed by atoms with Crippen LogP contribution in [0.25, 0.3) is 11.1 Å². The Morgan fingerprint density at radius 1 is 1.18 bits per heavy atom. The maximum atomic E-state index is 14.1. The molecule has 4 rings (SSSR count). The van der Waals surface area contributed by atoms with Crippen molar-refractivity contribution in [1.82, 2.24) is 4.90 Å². The molecule has 2 heterocycles. The number of halogens is 2. The summed E-state index contributed by atoms with van der Waals surface area (Å²) < 4.78 is 27.2. The number of hydrogen-bond donors (Lipinski definition) is 0. The van der Waals surface area contributed by atoms with Crippen LogP contribution in [0, 0.1) is 17.6 Å².